The number of hydrogen-bond donors (Lipinski definition) is 2. The first kappa shape index (κ1) is 20.7. The van der Waals surface area contributed by atoms with Crippen LogP contribution in [0.25, 0.3) is 10.1 Å². The van der Waals surface area contributed by atoms with Crippen LogP contribution in [0.2, 0.25) is 0 Å². The molecule has 0 spiro atoms. The van der Waals surface area contributed by atoms with Gasteiger partial charge in [0.2, 0.25) is 0 Å². The smallest absolute Gasteiger partial charge is 0.280 e. The summed E-state index contributed by atoms with van der Waals surface area (Å²) in [6, 6.07) is 12.7. The molecular formula is C22H24N2O4S. The number of carbonyl (C=O) groups is 2. The highest BCUT2D eigenvalue weighted by molar-refractivity contribution is 7.21. The van der Waals surface area contributed by atoms with Crippen molar-refractivity contribution < 1.29 is 19.1 Å². The third-order valence-electron chi connectivity index (χ3n) is 4.52. The van der Waals surface area contributed by atoms with E-state index < -0.39 is 5.91 Å². The Morgan fingerprint density at radius 1 is 1.03 bits per heavy atom. The predicted octanol–water partition coefficient (Wildman–Crippen LogP) is 4.47. The number of hydrogen-bond acceptors (Lipinski definition) is 5. The van der Waals surface area contributed by atoms with Crippen molar-refractivity contribution >= 4 is 33.2 Å². The summed E-state index contributed by atoms with van der Waals surface area (Å²) in [5.41, 5.74) is 6.21. The molecule has 7 heteroatoms. The molecule has 2 aromatic carbocycles. The lowest BCUT2D eigenvalue weighted by Gasteiger charge is -2.12. The Labute approximate surface area is 173 Å². The molecule has 0 fully saturated rings. The minimum absolute atomic E-state index is 0.344. The van der Waals surface area contributed by atoms with Crippen LogP contribution in [0.5, 0.6) is 11.5 Å². The van der Waals surface area contributed by atoms with Crippen LogP contribution < -0.4 is 20.3 Å². The lowest BCUT2D eigenvalue weighted by atomic mass is 10.1. The molecule has 0 aliphatic heterocycles. The quantitative estimate of drug-likeness (QED) is 0.443. The largest absolute Gasteiger partial charge is 0.493 e. The van der Waals surface area contributed by atoms with Gasteiger partial charge in [0.15, 0.2) is 11.5 Å². The number of rotatable bonds is 7. The Hall–Kier alpha value is -3.06. The van der Waals surface area contributed by atoms with Crippen molar-refractivity contribution in [2.75, 3.05) is 13.7 Å². The number of thiophene rings is 1. The van der Waals surface area contributed by atoms with E-state index in [1.165, 1.54) is 18.4 Å². The number of hydrazine groups is 1. The molecule has 0 saturated heterocycles. The SMILES string of the molecule is CCCCOc1ccc(C(=O)NNC(=O)c2sc3ccccc3c2C)cc1OC. The van der Waals surface area contributed by atoms with Gasteiger partial charge in [-0.1, -0.05) is 31.5 Å². The number of aryl methyl sites for hydroxylation is 1. The van der Waals surface area contributed by atoms with Crippen LogP contribution >= 0.6 is 11.3 Å². The predicted molar refractivity (Wildman–Crippen MR) is 115 cm³/mol. The number of nitrogens with one attached hydrogen (secondary N) is 2. The summed E-state index contributed by atoms with van der Waals surface area (Å²) in [6.45, 7) is 4.57. The summed E-state index contributed by atoms with van der Waals surface area (Å²) >= 11 is 1.40. The lowest BCUT2D eigenvalue weighted by Crippen LogP contribution is -2.41. The van der Waals surface area contributed by atoms with E-state index in [1.807, 2.05) is 31.2 Å². The summed E-state index contributed by atoms with van der Waals surface area (Å²) in [7, 11) is 1.52. The highest BCUT2D eigenvalue weighted by Crippen LogP contribution is 2.30. The van der Waals surface area contributed by atoms with E-state index >= 15 is 0 Å². The molecule has 0 aliphatic rings. The summed E-state index contributed by atoms with van der Waals surface area (Å²) in [4.78, 5) is 25.6. The zero-order valence-corrected chi connectivity index (χ0v) is 17.5. The maximum atomic E-state index is 12.5. The normalized spacial score (nSPS) is 10.6. The van der Waals surface area contributed by atoms with Gasteiger partial charge in [-0.2, -0.15) is 0 Å². The number of methoxy groups -OCH3 is 1. The van der Waals surface area contributed by atoms with Crippen molar-refractivity contribution in [2.24, 2.45) is 0 Å². The van der Waals surface area contributed by atoms with Crippen molar-refractivity contribution in [1.29, 1.82) is 0 Å². The molecule has 0 bridgehead atoms. The lowest BCUT2D eigenvalue weighted by molar-refractivity contribution is 0.0848. The van der Waals surface area contributed by atoms with E-state index in [-0.39, 0.29) is 5.91 Å². The average molecular weight is 413 g/mol. The molecule has 29 heavy (non-hydrogen) atoms. The second kappa shape index (κ2) is 9.43. The fraction of sp³-hybridized carbons (Fsp3) is 0.273. The van der Waals surface area contributed by atoms with Crippen LogP contribution in [0.1, 0.15) is 45.4 Å². The topological polar surface area (TPSA) is 76.7 Å². The number of ether oxygens (including phenoxy) is 2. The summed E-state index contributed by atoms with van der Waals surface area (Å²) in [6.07, 6.45) is 1.97. The maximum Gasteiger partial charge on any atom is 0.280 e. The van der Waals surface area contributed by atoms with Gasteiger partial charge in [-0.25, -0.2) is 0 Å². The van der Waals surface area contributed by atoms with E-state index in [4.69, 9.17) is 9.47 Å². The molecule has 3 aromatic rings. The molecule has 1 aromatic heterocycles. The minimum Gasteiger partial charge on any atom is -0.493 e. The first-order valence-corrected chi connectivity index (χ1v) is 10.3. The molecule has 0 unspecified atom stereocenters. The highest BCUT2D eigenvalue weighted by Gasteiger charge is 2.17. The minimum atomic E-state index is -0.435. The summed E-state index contributed by atoms with van der Waals surface area (Å²) < 4.78 is 12.0. The van der Waals surface area contributed by atoms with Crippen molar-refractivity contribution in [3.63, 3.8) is 0 Å². The Balaban J connectivity index is 1.66. The molecule has 3 rings (SSSR count). The van der Waals surface area contributed by atoms with Crippen molar-refractivity contribution in [2.45, 2.75) is 26.7 Å². The molecule has 0 aliphatic carbocycles. The monoisotopic (exact) mass is 412 g/mol. The molecule has 2 N–H and O–H groups in total. The van der Waals surface area contributed by atoms with Crippen LogP contribution in [0.15, 0.2) is 42.5 Å². The van der Waals surface area contributed by atoms with Crippen molar-refractivity contribution in [3.05, 3.63) is 58.5 Å². The molecule has 0 atom stereocenters. The van der Waals surface area contributed by atoms with Gasteiger partial charge < -0.3 is 9.47 Å². The van der Waals surface area contributed by atoms with Gasteiger partial charge in [0.1, 0.15) is 0 Å². The van der Waals surface area contributed by atoms with E-state index in [0.717, 1.165) is 28.5 Å². The Bertz CT molecular complexity index is 1030. The fourth-order valence-electron chi connectivity index (χ4n) is 2.89. The fourth-order valence-corrected chi connectivity index (χ4v) is 3.99. The average Bonchev–Trinajstić information content (AvgIpc) is 3.09. The molecule has 2 amide bonds. The van der Waals surface area contributed by atoms with E-state index in [9.17, 15) is 9.59 Å². The Morgan fingerprint density at radius 3 is 2.52 bits per heavy atom. The molecular weight excluding hydrogens is 388 g/mol. The first-order valence-electron chi connectivity index (χ1n) is 9.44. The van der Waals surface area contributed by atoms with E-state index in [0.29, 0.717) is 28.5 Å². The van der Waals surface area contributed by atoms with Gasteiger partial charge >= 0.3 is 0 Å². The molecule has 0 radical (unpaired) electrons. The maximum absolute atomic E-state index is 12.5. The van der Waals surface area contributed by atoms with Gasteiger partial charge in [-0.15, -0.1) is 11.3 Å². The van der Waals surface area contributed by atoms with E-state index in [1.54, 1.807) is 18.2 Å². The third-order valence-corrected chi connectivity index (χ3v) is 5.79. The van der Waals surface area contributed by atoms with Gasteiger partial charge in [0.05, 0.1) is 18.6 Å². The molecule has 152 valence electrons. The van der Waals surface area contributed by atoms with Gasteiger partial charge in [-0.3, -0.25) is 20.4 Å². The number of carbonyl (C=O) groups excluding carboxylic acids is 2. The second-order valence-electron chi connectivity index (χ2n) is 6.53. The van der Waals surface area contributed by atoms with E-state index in [2.05, 4.69) is 17.8 Å². The standard InChI is InChI=1S/C22H24N2O4S/c1-4-5-12-28-17-11-10-15(13-18(17)27-3)21(25)23-24-22(26)20-14(2)16-8-6-7-9-19(16)29-20/h6-11,13H,4-5,12H2,1-3H3,(H,23,25)(H,24,26). The first-order chi connectivity index (χ1) is 14.0. The number of unbranched alkanes of at least 4 members (excludes halogenated alkanes) is 1. The van der Waals surface area contributed by atoms with Crippen molar-refractivity contribution in [3.8, 4) is 11.5 Å². The van der Waals surface area contributed by atoms with Crippen LogP contribution in [-0.4, -0.2) is 25.5 Å². The number of benzene rings is 2. The molecule has 6 nitrogen and oxygen atoms in total. The molecule has 1 heterocycles. The van der Waals surface area contributed by atoms with Crippen molar-refractivity contribution in [1.82, 2.24) is 10.9 Å². The van der Waals surface area contributed by atoms with Crippen LogP contribution in [-0.2, 0) is 0 Å². The van der Waals surface area contributed by atoms with Gasteiger partial charge in [0.25, 0.3) is 11.8 Å². The number of amides is 2. The van der Waals surface area contributed by atoms with Gasteiger partial charge in [0, 0.05) is 10.3 Å². The summed E-state index contributed by atoms with van der Waals surface area (Å²) in [5, 5.41) is 1.04. The van der Waals surface area contributed by atoms with Crippen LogP contribution in [0.4, 0.5) is 0 Å². The van der Waals surface area contributed by atoms with Gasteiger partial charge in [-0.05, 0) is 48.6 Å². The summed E-state index contributed by atoms with van der Waals surface area (Å²) in [5.74, 6) is 0.280. The zero-order chi connectivity index (χ0) is 20.8. The highest BCUT2D eigenvalue weighted by atomic mass is 32.1. The zero-order valence-electron chi connectivity index (χ0n) is 16.7. The Kier molecular flexibility index (Phi) is 6.72. The Morgan fingerprint density at radius 2 is 1.79 bits per heavy atom. The number of fused-ring (bicyclic) bond motifs is 1. The second-order valence-corrected chi connectivity index (χ2v) is 7.58. The molecule has 0 saturated carbocycles. The van der Waals surface area contributed by atoms with Crippen LogP contribution in [0, 0.1) is 6.92 Å². The van der Waals surface area contributed by atoms with Crippen LogP contribution in [0.3, 0.4) is 0 Å². The third kappa shape index (κ3) is 4.68.